The van der Waals surface area contributed by atoms with Crippen LogP contribution in [-0.4, -0.2) is 7.05 Å². The predicted octanol–water partition coefficient (Wildman–Crippen LogP) is 3.79. The summed E-state index contributed by atoms with van der Waals surface area (Å²) in [7, 11) is 1.90. The minimum Gasteiger partial charge on any atom is -0.344 e. The molecule has 0 spiro atoms. The number of aryl methyl sites for hydroxylation is 1. The van der Waals surface area contributed by atoms with Crippen molar-refractivity contribution >= 4 is 11.4 Å². The molecule has 0 bridgehead atoms. The molecule has 0 saturated heterocycles. The average molecular weight is 283 g/mol. The number of halogens is 1. The van der Waals surface area contributed by atoms with E-state index in [-0.39, 0.29) is 11.9 Å². The standard InChI is InChI=1S/C17H18FN3/c1-11-8-17(15(12(2)20)9-16(11)18)21(3)14-6-4-13(10-19)5-7-14/h4-9,12H,20H2,1-3H3/t12-/m0/s1. The van der Waals surface area contributed by atoms with E-state index in [1.54, 1.807) is 25.1 Å². The van der Waals surface area contributed by atoms with Crippen LogP contribution in [0.15, 0.2) is 36.4 Å². The van der Waals surface area contributed by atoms with Gasteiger partial charge in [-0.15, -0.1) is 0 Å². The molecular formula is C17H18FN3. The second-order valence-electron chi connectivity index (χ2n) is 5.17. The van der Waals surface area contributed by atoms with Gasteiger partial charge in [0.25, 0.3) is 0 Å². The summed E-state index contributed by atoms with van der Waals surface area (Å²) in [5.74, 6) is -0.251. The van der Waals surface area contributed by atoms with Gasteiger partial charge in [-0.25, -0.2) is 4.39 Å². The molecule has 0 heterocycles. The van der Waals surface area contributed by atoms with Crippen LogP contribution < -0.4 is 10.6 Å². The SMILES string of the molecule is Cc1cc(N(C)c2ccc(C#N)cc2)c([C@H](C)N)cc1F. The van der Waals surface area contributed by atoms with Gasteiger partial charge in [0.1, 0.15) is 5.82 Å². The van der Waals surface area contributed by atoms with Gasteiger partial charge in [-0.05, 0) is 61.4 Å². The number of rotatable bonds is 3. The lowest BCUT2D eigenvalue weighted by molar-refractivity contribution is 0.613. The van der Waals surface area contributed by atoms with Crippen molar-refractivity contribution < 1.29 is 4.39 Å². The summed E-state index contributed by atoms with van der Waals surface area (Å²) >= 11 is 0. The van der Waals surface area contributed by atoms with E-state index in [9.17, 15) is 4.39 Å². The lowest BCUT2D eigenvalue weighted by Crippen LogP contribution is -2.16. The highest BCUT2D eigenvalue weighted by Gasteiger charge is 2.15. The molecule has 2 aromatic rings. The molecule has 21 heavy (non-hydrogen) atoms. The topological polar surface area (TPSA) is 53.0 Å². The van der Waals surface area contributed by atoms with Gasteiger partial charge in [-0.3, -0.25) is 0 Å². The molecule has 2 N–H and O–H groups in total. The molecule has 0 aromatic heterocycles. The van der Waals surface area contributed by atoms with Crippen molar-refractivity contribution in [3.63, 3.8) is 0 Å². The summed E-state index contributed by atoms with van der Waals surface area (Å²) in [5.41, 5.74) is 9.69. The maximum atomic E-state index is 13.8. The van der Waals surface area contributed by atoms with Crippen molar-refractivity contribution in [1.29, 1.82) is 5.26 Å². The maximum absolute atomic E-state index is 13.8. The summed E-state index contributed by atoms with van der Waals surface area (Å²) in [4.78, 5) is 1.95. The molecule has 0 saturated carbocycles. The van der Waals surface area contributed by atoms with E-state index in [4.69, 9.17) is 11.0 Å². The molecule has 2 rings (SSSR count). The lowest BCUT2D eigenvalue weighted by Gasteiger charge is -2.25. The molecule has 0 unspecified atom stereocenters. The number of hydrogen-bond donors (Lipinski definition) is 1. The van der Waals surface area contributed by atoms with Crippen molar-refractivity contribution in [3.05, 3.63) is 58.9 Å². The zero-order valence-electron chi connectivity index (χ0n) is 12.4. The molecule has 0 amide bonds. The normalized spacial score (nSPS) is 11.8. The number of nitriles is 1. The Kier molecular flexibility index (Phi) is 4.25. The first-order valence-corrected chi connectivity index (χ1v) is 6.73. The van der Waals surface area contributed by atoms with E-state index >= 15 is 0 Å². The van der Waals surface area contributed by atoms with Gasteiger partial charge in [-0.1, -0.05) is 0 Å². The first-order chi connectivity index (χ1) is 9.93. The van der Waals surface area contributed by atoms with Crippen LogP contribution in [0, 0.1) is 24.1 Å². The van der Waals surface area contributed by atoms with Gasteiger partial charge >= 0.3 is 0 Å². The molecule has 4 heteroatoms. The van der Waals surface area contributed by atoms with Crippen molar-refractivity contribution in [3.8, 4) is 6.07 Å². The number of benzene rings is 2. The lowest BCUT2D eigenvalue weighted by atomic mass is 10.0. The van der Waals surface area contributed by atoms with Gasteiger partial charge in [0.2, 0.25) is 0 Å². The number of hydrogen-bond acceptors (Lipinski definition) is 3. The van der Waals surface area contributed by atoms with Gasteiger partial charge in [0.05, 0.1) is 11.6 Å². The fourth-order valence-corrected chi connectivity index (χ4v) is 2.24. The highest BCUT2D eigenvalue weighted by Crippen LogP contribution is 2.32. The molecule has 1 atom stereocenters. The predicted molar refractivity (Wildman–Crippen MR) is 83.0 cm³/mol. The minimum atomic E-state index is -0.268. The smallest absolute Gasteiger partial charge is 0.126 e. The van der Waals surface area contributed by atoms with Gasteiger partial charge in [0, 0.05) is 24.5 Å². The largest absolute Gasteiger partial charge is 0.344 e. The Bertz CT molecular complexity index is 684. The molecule has 0 aliphatic carbocycles. The van der Waals surface area contributed by atoms with E-state index in [2.05, 4.69) is 6.07 Å². The van der Waals surface area contributed by atoms with Gasteiger partial charge in [-0.2, -0.15) is 5.26 Å². The van der Waals surface area contributed by atoms with Crippen LogP contribution in [0.3, 0.4) is 0 Å². The average Bonchev–Trinajstić information content (AvgIpc) is 2.48. The molecule has 3 nitrogen and oxygen atoms in total. The highest BCUT2D eigenvalue weighted by atomic mass is 19.1. The Morgan fingerprint density at radius 1 is 1.24 bits per heavy atom. The summed E-state index contributed by atoms with van der Waals surface area (Å²) in [6, 6.07) is 12.4. The van der Waals surface area contributed by atoms with Crippen LogP contribution in [-0.2, 0) is 0 Å². The van der Waals surface area contributed by atoms with Crippen LogP contribution in [0.25, 0.3) is 0 Å². The number of nitrogens with two attached hydrogens (primary N) is 1. The third-order valence-electron chi connectivity index (χ3n) is 3.54. The first kappa shape index (κ1) is 15.0. The Morgan fingerprint density at radius 3 is 2.38 bits per heavy atom. The first-order valence-electron chi connectivity index (χ1n) is 6.73. The maximum Gasteiger partial charge on any atom is 0.126 e. The van der Waals surface area contributed by atoms with E-state index in [0.29, 0.717) is 11.1 Å². The minimum absolute atomic E-state index is 0.251. The molecule has 108 valence electrons. The van der Waals surface area contributed by atoms with E-state index in [1.165, 1.54) is 6.07 Å². The van der Waals surface area contributed by atoms with Crippen molar-refractivity contribution in [2.75, 3.05) is 11.9 Å². The fraction of sp³-hybridized carbons (Fsp3) is 0.235. The van der Waals surface area contributed by atoms with Crippen molar-refractivity contribution in [1.82, 2.24) is 0 Å². The van der Waals surface area contributed by atoms with Crippen molar-refractivity contribution in [2.45, 2.75) is 19.9 Å². The van der Waals surface area contributed by atoms with E-state index in [1.807, 2.05) is 31.0 Å². The zero-order valence-corrected chi connectivity index (χ0v) is 12.4. The zero-order chi connectivity index (χ0) is 15.6. The summed E-state index contributed by atoms with van der Waals surface area (Å²) in [6.45, 7) is 3.57. The quantitative estimate of drug-likeness (QED) is 0.932. The molecular weight excluding hydrogens is 265 g/mol. The fourth-order valence-electron chi connectivity index (χ4n) is 2.24. The molecule has 0 aliphatic rings. The van der Waals surface area contributed by atoms with Gasteiger partial charge in [0.15, 0.2) is 0 Å². The summed E-state index contributed by atoms with van der Waals surface area (Å²) < 4.78 is 13.8. The van der Waals surface area contributed by atoms with Crippen molar-refractivity contribution in [2.24, 2.45) is 5.73 Å². The van der Waals surface area contributed by atoms with Crippen LogP contribution in [0.4, 0.5) is 15.8 Å². The van der Waals surface area contributed by atoms with Gasteiger partial charge < -0.3 is 10.6 Å². The number of nitrogens with zero attached hydrogens (tertiary/aromatic N) is 2. The van der Waals surface area contributed by atoms with Crippen LogP contribution in [0.5, 0.6) is 0 Å². The Morgan fingerprint density at radius 2 is 1.86 bits per heavy atom. The number of anilines is 2. The van der Waals surface area contributed by atoms with E-state index < -0.39 is 0 Å². The van der Waals surface area contributed by atoms with Crippen LogP contribution in [0.2, 0.25) is 0 Å². The monoisotopic (exact) mass is 283 g/mol. The second kappa shape index (κ2) is 5.94. The van der Waals surface area contributed by atoms with E-state index in [0.717, 1.165) is 16.9 Å². The molecule has 0 fully saturated rings. The Balaban J connectivity index is 2.49. The second-order valence-corrected chi connectivity index (χ2v) is 5.17. The Labute approximate surface area is 124 Å². The summed E-state index contributed by atoms with van der Waals surface area (Å²) in [5, 5.41) is 8.85. The Hall–Kier alpha value is -2.38. The third-order valence-corrected chi connectivity index (χ3v) is 3.54. The highest BCUT2D eigenvalue weighted by molar-refractivity contribution is 5.67. The molecule has 0 aliphatic heterocycles. The summed E-state index contributed by atoms with van der Waals surface area (Å²) in [6.07, 6.45) is 0. The van der Waals surface area contributed by atoms with Crippen LogP contribution >= 0.6 is 0 Å². The molecule has 2 aromatic carbocycles. The molecule has 0 radical (unpaired) electrons. The third kappa shape index (κ3) is 3.04. The van der Waals surface area contributed by atoms with Crippen LogP contribution in [0.1, 0.15) is 29.7 Å².